The van der Waals surface area contributed by atoms with E-state index in [0.29, 0.717) is 5.41 Å². The van der Waals surface area contributed by atoms with Crippen LogP contribution in [0.1, 0.15) is 55.9 Å². The molecule has 0 aromatic carbocycles. The minimum atomic E-state index is 0.0658. The maximum absolute atomic E-state index is 12.2. The first-order valence-corrected chi connectivity index (χ1v) is 11.0. The second-order valence-corrected chi connectivity index (χ2v) is 10.2. The van der Waals surface area contributed by atoms with Crippen LogP contribution in [0, 0.1) is 11.3 Å². The second kappa shape index (κ2) is 8.21. The fourth-order valence-corrected chi connectivity index (χ4v) is 5.16. The average Bonchev–Trinajstić information content (AvgIpc) is 3.23. The molecule has 0 radical (unpaired) electrons. The van der Waals surface area contributed by atoms with Crippen molar-refractivity contribution in [3.63, 3.8) is 0 Å². The highest BCUT2D eigenvalue weighted by Crippen LogP contribution is 2.38. The van der Waals surface area contributed by atoms with Gasteiger partial charge in [-0.1, -0.05) is 27.7 Å². The molecule has 1 atom stereocenters. The van der Waals surface area contributed by atoms with E-state index < -0.39 is 0 Å². The highest BCUT2D eigenvalue weighted by atomic mass is 32.1. The van der Waals surface area contributed by atoms with Gasteiger partial charge in [-0.25, -0.2) is 0 Å². The van der Waals surface area contributed by atoms with E-state index in [4.69, 9.17) is 0 Å². The quantitative estimate of drug-likeness (QED) is 0.613. The highest BCUT2D eigenvalue weighted by molar-refractivity contribution is 7.12. The highest BCUT2D eigenvalue weighted by Gasteiger charge is 2.28. The first-order valence-electron chi connectivity index (χ1n) is 10.1. The van der Waals surface area contributed by atoms with Crippen LogP contribution in [0.2, 0.25) is 0 Å². The minimum Gasteiger partial charge on any atom is -0.352 e. The number of thiophene rings is 1. The number of carbonyl (C=O) groups is 1. The van der Waals surface area contributed by atoms with E-state index in [1.54, 1.807) is 4.88 Å². The summed E-state index contributed by atoms with van der Waals surface area (Å²) >= 11 is 1.94. The van der Waals surface area contributed by atoms with Crippen molar-refractivity contribution in [1.82, 2.24) is 15.5 Å². The number of nitrogens with one attached hydrogen (secondary N) is 2. The summed E-state index contributed by atoms with van der Waals surface area (Å²) in [6, 6.07) is 2.65. The van der Waals surface area contributed by atoms with Gasteiger partial charge < -0.3 is 15.5 Å². The first kappa shape index (κ1) is 20.2. The lowest BCUT2D eigenvalue weighted by Crippen LogP contribution is -2.45. The van der Waals surface area contributed by atoms with E-state index >= 15 is 0 Å². The van der Waals surface area contributed by atoms with Gasteiger partial charge in [0.1, 0.15) is 0 Å². The molecule has 1 aliphatic heterocycles. The Bertz CT molecular complexity index is 707. The molecule has 0 bridgehead atoms. The van der Waals surface area contributed by atoms with Gasteiger partial charge in [0, 0.05) is 41.9 Å². The summed E-state index contributed by atoms with van der Waals surface area (Å²) in [5, 5.41) is 6.94. The minimum absolute atomic E-state index is 0.0658. The Morgan fingerprint density at radius 1 is 1.44 bits per heavy atom. The predicted molar refractivity (Wildman–Crippen MR) is 113 cm³/mol. The molecule has 1 aromatic heterocycles. The van der Waals surface area contributed by atoms with Crippen LogP contribution in [0.4, 0.5) is 0 Å². The summed E-state index contributed by atoms with van der Waals surface area (Å²) in [6.07, 6.45) is 4.65. The molecule has 3 rings (SSSR count). The monoisotopic (exact) mass is 390 g/mol. The summed E-state index contributed by atoms with van der Waals surface area (Å²) in [7, 11) is 1.81. The van der Waals surface area contributed by atoms with Gasteiger partial charge >= 0.3 is 0 Å². The lowest BCUT2D eigenvalue weighted by atomic mass is 9.77. The Morgan fingerprint density at radius 3 is 2.93 bits per heavy atom. The molecule has 27 heavy (non-hydrogen) atoms. The molecule has 0 spiro atoms. The maximum Gasteiger partial charge on any atom is 0.225 e. The number of fused-ring (bicyclic) bond motifs is 1. The molecule has 5 nitrogen and oxygen atoms in total. The fourth-order valence-electron chi connectivity index (χ4n) is 4.03. The molecule has 1 saturated heterocycles. The van der Waals surface area contributed by atoms with Crippen LogP contribution in [0.25, 0.3) is 0 Å². The van der Waals surface area contributed by atoms with Crippen molar-refractivity contribution in [1.29, 1.82) is 0 Å². The molecule has 2 N–H and O–H groups in total. The Balaban J connectivity index is 1.51. The zero-order valence-electron chi connectivity index (χ0n) is 17.4. The van der Waals surface area contributed by atoms with E-state index in [9.17, 15) is 4.79 Å². The summed E-state index contributed by atoms with van der Waals surface area (Å²) in [5.41, 5.74) is 1.97. The second-order valence-electron chi connectivity index (χ2n) is 9.00. The Labute approximate surface area is 167 Å². The van der Waals surface area contributed by atoms with Gasteiger partial charge in [-0.05, 0) is 42.7 Å². The van der Waals surface area contributed by atoms with E-state index in [2.05, 4.69) is 35.5 Å². The van der Waals surface area contributed by atoms with Gasteiger partial charge in [-0.3, -0.25) is 9.79 Å². The van der Waals surface area contributed by atoms with Crippen molar-refractivity contribution in [2.24, 2.45) is 16.3 Å². The number of rotatable bonds is 4. The zero-order chi connectivity index (χ0) is 19.6. The molecule has 2 aliphatic rings. The number of nitrogens with zero attached hydrogens (tertiary/aromatic N) is 2. The molecular formula is C21H34N4OS. The van der Waals surface area contributed by atoms with Crippen LogP contribution >= 0.6 is 11.3 Å². The summed E-state index contributed by atoms with van der Waals surface area (Å²) in [5.74, 6) is 1.14. The normalized spacial score (nSPS) is 22.1. The van der Waals surface area contributed by atoms with Crippen molar-refractivity contribution in [3.8, 4) is 0 Å². The third-order valence-electron chi connectivity index (χ3n) is 5.63. The van der Waals surface area contributed by atoms with E-state index in [1.165, 1.54) is 29.7 Å². The standard InChI is InChI=1S/C21H34N4OS/c1-14(2)19(26)25-9-7-16(13-25)24-20(22-5)23-12-17-10-15-11-21(3,4)8-6-18(15)27-17/h10,14,16H,6-9,11-13H2,1-5H3,(H2,22,23,24). The van der Waals surface area contributed by atoms with Crippen LogP contribution in [-0.2, 0) is 24.2 Å². The van der Waals surface area contributed by atoms with Gasteiger partial charge in [-0.2, -0.15) is 0 Å². The van der Waals surface area contributed by atoms with Crippen molar-refractivity contribution < 1.29 is 4.79 Å². The van der Waals surface area contributed by atoms with Crippen LogP contribution in [0.3, 0.4) is 0 Å². The molecule has 1 unspecified atom stereocenters. The third-order valence-corrected chi connectivity index (χ3v) is 6.87. The molecule has 1 aliphatic carbocycles. The van der Waals surface area contributed by atoms with Crippen molar-refractivity contribution >= 4 is 23.2 Å². The molecule has 0 saturated carbocycles. The number of aryl methyl sites for hydroxylation is 1. The number of likely N-dealkylation sites (tertiary alicyclic amines) is 1. The van der Waals surface area contributed by atoms with E-state index in [0.717, 1.165) is 32.0 Å². The Hall–Kier alpha value is -1.56. The van der Waals surface area contributed by atoms with Gasteiger partial charge in [0.25, 0.3) is 0 Å². The lowest BCUT2D eigenvalue weighted by Gasteiger charge is -2.29. The number of amides is 1. The number of guanidine groups is 1. The van der Waals surface area contributed by atoms with Gasteiger partial charge in [0.2, 0.25) is 5.91 Å². The van der Waals surface area contributed by atoms with Gasteiger partial charge in [-0.15, -0.1) is 11.3 Å². The molecule has 1 fully saturated rings. The summed E-state index contributed by atoms with van der Waals surface area (Å²) in [6.45, 7) is 11.1. The SMILES string of the molecule is CN=C(NCc1cc2c(s1)CCC(C)(C)C2)NC1CCN(C(=O)C(C)C)C1. The average molecular weight is 391 g/mol. The lowest BCUT2D eigenvalue weighted by molar-refractivity contribution is -0.133. The van der Waals surface area contributed by atoms with Crippen LogP contribution in [-0.4, -0.2) is 42.9 Å². The molecule has 150 valence electrons. The number of aliphatic imine (C=N–C) groups is 1. The summed E-state index contributed by atoms with van der Waals surface area (Å²) < 4.78 is 0. The van der Waals surface area contributed by atoms with Crippen LogP contribution < -0.4 is 10.6 Å². The van der Waals surface area contributed by atoms with Gasteiger partial charge in [0.05, 0.1) is 6.54 Å². The zero-order valence-corrected chi connectivity index (χ0v) is 18.2. The Morgan fingerprint density at radius 2 is 2.22 bits per heavy atom. The largest absolute Gasteiger partial charge is 0.352 e. The molecule has 1 amide bonds. The number of hydrogen-bond donors (Lipinski definition) is 2. The number of hydrogen-bond acceptors (Lipinski definition) is 3. The van der Waals surface area contributed by atoms with E-state index in [-0.39, 0.29) is 17.9 Å². The third kappa shape index (κ3) is 5.03. The first-order chi connectivity index (χ1) is 12.8. The van der Waals surface area contributed by atoms with Crippen molar-refractivity contribution in [2.45, 2.75) is 66.0 Å². The van der Waals surface area contributed by atoms with Gasteiger partial charge in [0.15, 0.2) is 5.96 Å². The molecule has 2 heterocycles. The Kier molecular flexibility index (Phi) is 6.14. The van der Waals surface area contributed by atoms with Crippen LogP contribution in [0.15, 0.2) is 11.1 Å². The smallest absolute Gasteiger partial charge is 0.225 e. The van der Waals surface area contributed by atoms with E-state index in [1.807, 2.05) is 37.1 Å². The molecular weight excluding hydrogens is 356 g/mol. The predicted octanol–water partition coefficient (Wildman–Crippen LogP) is 3.18. The number of carbonyl (C=O) groups excluding carboxylic acids is 1. The fraction of sp³-hybridized carbons (Fsp3) is 0.714. The topological polar surface area (TPSA) is 56.7 Å². The maximum atomic E-state index is 12.2. The molecule has 1 aromatic rings. The van der Waals surface area contributed by atoms with Crippen molar-refractivity contribution in [3.05, 3.63) is 21.4 Å². The molecule has 6 heteroatoms. The van der Waals surface area contributed by atoms with Crippen LogP contribution in [0.5, 0.6) is 0 Å². The van der Waals surface area contributed by atoms with Crippen molar-refractivity contribution in [2.75, 3.05) is 20.1 Å². The summed E-state index contributed by atoms with van der Waals surface area (Å²) in [4.78, 5) is 21.4.